The van der Waals surface area contributed by atoms with Gasteiger partial charge in [0.25, 0.3) is 0 Å². The first-order chi connectivity index (χ1) is 38.3. The molecule has 11 aromatic rings. The van der Waals surface area contributed by atoms with Gasteiger partial charge in [-0.05, 0) is 112 Å². The second-order valence-electron chi connectivity index (χ2n) is 11.6. The Morgan fingerprint density at radius 1 is 0.365 bits per heavy atom. The zero-order chi connectivity index (χ0) is 60.3. The quantitative estimate of drug-likeness (QED) is 0.132. The predicted molar refractivity (Wildman–Crippen MR) is 221 cm³/mol. The van der Waals surface area contributed by atoms with Crippen LogP contribution in [0.2, 0.25) is 0 Å². The van der Waals surface area contributed by atoms with E-state index in [9.17, 15) is 16.4 Å². The van der Waals surface area contributed by atoms with Crippen molar-refractivity contribution in [1.29, 1.82) is 0 Å². The first-order valence-electron chi connectivity index (χ1n) is 30.6. The van der Waals surface area contributed by atoms with Crippen molar-refractivity contribution >= 4 is 75.8 Å². The van der Waals surface area contributed by atoms with Crippen LogP contribution in [-0.2, 0) is 6.42 Å². The average molecular weight is 691 g/mol. The molecule has 0 unspecified atom stereocenters. The van der Waals surface area contributed by atoms with Crippen molar-refractivity contribution in [2.75, 3.05) is 0 Å². The van der Waals surface area contributed by atoms with Crippen molar-refractivity contribution in [2.45, 2.75) is 6.42 Å². The first kappa shape index (κ1) is 12.2. The highest BCUT2D eigenvalue weighted by Gasteiger charge is 2.19. The maximum Gasteiger partial charge on any atom is 0.136 e. The molecule has 0 aliphatic carbocycles. The molecule has 0 radical (unpaired) electrons. The molecular weight excluding hydrogens is 629 g/mol. The van der Waals surface area contributed by atoms with Crippen LogP contribution in [0.3, 0.4) is 0 Å². The highest BCUT2D eigenvalue weighted by Crippen LogP contribution is 2.45. The Labute approximate surface area is 343 Å². The van der Waals surface area contributed by atoms with Gasteiger partial charge in [-0.1, -0.05) is 163 Å². The van der Waals surface area contributed by atoms with Crippen molar-refractivity contribution < 1.29 is 45.5 Å². The van der Waals surface area contributed by atoms with Crippen LogP contribution in [0.1, 0.15) is 52.2 Å². The number of fused-ring (bicyclic) bond motifs is 10. The molecule has 1 heterocycles. The number of hydrogen-bond acceptors (Lipinski definition) is 1. The molecule has 0 saturated carbocycles. The molecule has 0 N–H and O–H groups in total. The van der Waals surface area contributed by atoms with Gasteiger partial charge in [0.15, 0.2) is 0 Å². The van der Waals surface area contributed by atoms with E-state index in [1.807, 2.05) is 0 Å². The molecule has 242 valence electrons. The monoisotopic (exact) mass is 690 g/mol. The molecule has 0 amide bonds. The summed E-state index contributed by atoms with van der Waals surface area (Å²) in [6.45, 7) is 0. The van der Waals surface area contributed by atoms with Crippen molar-refractivity contribution in [3.05, 3.63) is 192 Å². The molecule has 0 aliphatic rings. The molecule has 0 aliphatic heterocycles. The van der Waals surface area contributed by atoms with Gasteiger partial charge in [0, 0.05) is 10.8 Å². The Morgan fingerprint density at radius 3 is 1.63 bits per heavy atom. The third-order valence-corrected chi connectivity index (χ3v) is 8.81. The lowest BCUT2D eigenvalue weighted by atomic mass is 9.85. The summed E-state index contributed by atoms with van der Waals surface area (Å²) in [5.41, 5.74) is -5.38. The van der Waals surface area contributed by atoms with Crippen molar-refractivity contribution in [1.82, 2.24) is 0 Å². The van der Waals surface area contributed by atoms with E-state index < -0.39 is 297 Å². The lowest BCUT2D eigenvalue weighted by molar-refractivity contribution is 0.669. The lowest BCUT2D eigenvalue weighted by Gasteiger charge is -2.18. The van der Waals surface area contributed by atoms with Crippen LogP contribution in [0.4, 0.5) is 0 Å². The molecule has 10 aromatic carbocycles. The van der Waals surface area contributed by atoms with E-state index in [0.717, 1.165) is 0 Å². The zero-order valence-corrected chi connectivity index (χ0v) is 26.1. The SMILES string of the molecule is [2H]c1c([2H])c(Cc2c([2H])c3c([2H])c([2H])c([2H])c([2H])c3c3c([2H])c([2H])c([2H])c([2H])c23)c([2H])c(-c2c3c([2H])c([2H])c([2H])c([2H])c3c(-c3c([2H])c([2H])c4oc5c([2H])c([2H])c6c([2H])c([2H])c([2H])c([2H])c6c5c4c3[2H])c3c([2H])c([2H])c([2H])c([2H])c23)c1[2H]. The summed E-state index contributed by atoms with van der Waals surface area (Å²) < 4.78 is 278. The van der Waals surface area contributed by atoms with Crippen molar-refractivity contribution in [3.63, 3.8) is 0 Å². The molecular formula is C51H32O. The Morgan fingerprint density at radius 2 is 0.923 bits per heavy atom. The van der Waals surface area contributed by atoms with E-state index in [2.05, 4.69) is 0 Å². The molecule has 0 bridgehead atoms. The molecule has 1 aromatic heterocycles. The van der Waals surface area contributed by atoms with Gasteiger partial charge in [0.2, 0.25) is 0 Å². The summed E-state index contributed by atoms with van der Waals surface area (Å²) >= 11 is 0. The van der Waals surface area contributed by atoms with E-state index >= 15 is 0 Å². The normalized spacial score (nSPS) is 20.0. The summed E-state index contributed by atoms with van der Waals surface area (Å²) in [5, 5.41) is -6.86. The standard InChI is InChI=1S/C51H32O/c1-4-18-40-33(13-1)24-27-48-51(40)46-31-36(25-26-47(46)52-48)50-44-22-9-7-20-42(44)49(43-21-8-10-23-45(43)50)35-15-11-12-32(28-35)29-37-30-34-14-2-3-16-38(34)41-19-6-5-17-39(37)41/h1-28,30-31H,29H2/i1D,2D,3D,4D,5D,6D,7D,8D,9D,10D,11D,12D,13D,14D,15D,16D,17D,18D,19D,20D,21D,22D,23D,24D,25D,26D,27D,28D,30D,31D. The molecule has 0 fully saturated rings. The molecule has 1 nitrogen and oxygen atoms in total. The number of hydrogen-bond donors (Lipinski definition) is 0. The largest absolute Gasteiger partial charge is 0.456 e. The summed E-state index contributed by atoms with van der Waals surface area (Å²) in [6, 6.07) is -26.7. The Kier molecular flexibility index (Phi) is 2.68. The van der Waals surface area contributed by atoms with Gasteiger partial charge in [-0.15, -0.1) is 0 Å². The van der Waals surface area contributed by atoms with Gasteiger partial charge in [0.05, 0.1) is 41.1 Å². The van der Waals surface area contributed by atoms with Gasteiger partial charge in [0.1, 0.15) is 11.2 Å². The fourth-order valence-corrected chi connectivity index (χ4v) is 6.64. The average Bonchev–Trinajstić information content (AvgIpc) is 2.80. The minimum Gasteiger partial charge on any atom is -0.456 e. The topological polar surface area (TPSA) is 13.1 Å². The van der Waals surface area contributed by atoms with Gasteiger partial charge in [-0.2, -0.15) is 0 Å². The molecule has 0 saturated heterocycles. The number of furan rings is 1. The van der Waals surface area contributed by atoms with Crippen LogP contribution in [0.5, 0.6) is 0 Å². The number of rotatable bonds is 4. The first-order valence-corrected chi connectivity index (χ1v) is 15.6. The predicted octanol–water partition coefficient (Wildman–Crippen LogP) is 14.3. The summed E-state index contributed by atoms with van der Waals surface area (Å²) in [4.78, 5) is 0. The van der Waals surface area contributed by atoms with Crippen LogP contribution in [-0.4, -0.2) is 0 Å². The molecule has 1 heteroatoms. The molecule has 52 heavy (non-hydrogen) atoms. The van der Waals surface area contributed by atoms with Crippen molar-refractivity contribution in [2.24, 2.45) is 0 Å². The Hall–Kier alpha value is -6.70. The molecule has 0 atom stereocenters. The zero-order valence-electron chi connectivity index (χ0n) is 56.1. The van der Waals surface area contributed by atoms with Gasteiger partial charge < -0.3 is 4.42 Å². The van der Waals surface area contributed by atoms with Gasteiger partial charge in [-0.3, -0.25) is 0 Å². The summed E-state index contributed by atoms with van der Waals surface area (Å²) in [6.07, 6.45) is -0.949. The smallest absolute Gasteiger partial charge is 0.136 e. The second kappa shape index (κ2) is 11.4. The van der Waals surface area contributed by atoms with Crippen LogP contribution in [0.25, 0.3) is 98.1 Å². The van der Waals surface area contributed by atoms with E-state index in [0.29, 0.717) is 0 Å². The van der Waals surface area contributed by atoms with E-state index in [-0.39, 0.29) is 0 Å². The highest BCUT2D eigenvalue weighted by molar-refractivity contribution is 6.23. The lowest BCUT2D eigenvalue weighted by Crippen LogP contribution is -1.94. The number of benzene rings is 10. The summed E-state index contributed by atoms with van der Waals surface area (Å²) in [5.74, 6) is 0. The van der Waals surface area contributed by atoms with E-state index in [1.54, 1.807) is 0 Å². The van der Waals surface area contributed by atoms with Gasteiger partial charge in [-0.25, -0.2) is 0 Å². The summed E-state index contributed by atoms with van der Waals surface area (Å²) in [7, 11) is 0. The third kappa shape index (κ3) is 4.43. The third-order valence-electron chi connectivity index (χ3n) is 8.81. The minimum atomic E-state index is -1.04. The second-order valence-corrected chi connectivity index (χ2v) is 11.6. The fraction of sp³-hybridized carbons (Fsp3) is 0.0196. The highest BCUT2D eigenvalue weighted by atomic mass is 16.3. The van der Waals surface area contributed by atoms with Crippen molar-refractivity contribution in [3.8, 4) is 22.3 Å². The maximum absolute atomic E-state index is 9.96. The Balaban J connectivity index is 1.36. The van der Waals surface area contributed by atoms with E-state index in [1.165, 1.54) is 0 Å². The van der Waals surface area contributed by atoms with Crippen LogP contribution in [0, 0.1) is 0 Å². The van der Waals surface area contributed by atoms with Gasteiger partial charge >= 0.3 is 0 Å². The van der Waals surface area contributed by atoms with Crippen LogP contribution >= 0.6 is 0 Å². The maximum atomic E-state index is 9.96. The van der Waals surface area contributed by atoms with E-state index in [4.69, 9.17) is 29.1 Å². The Bertz CT molecular complexity index is 4870. The molecule has 11 rings (SSSR count). The minimum absolute atomic E-state index is 0.415. The fourth-order valence-electron chi connectivity index (χ4n) is 6.64. The molecule has 0 spiro atoms. The van der Waals surface area contributed by atoms with Crippen LogP contribution < -0.4 is 0 Å². The van der Waals surface area contributed by atoms with Crippen LogP contribution in [0.15, 0.2) is 186 Å².